The molecule has 140 valence electrons. The van der Waals surface area contributed by atoms with Gasteiger partial charge < -0.3 is 10.0 Å². The largest absolute Gasteiger partial charge is 0.393 e. The van der Waals surface area contributed by atoms with Crippen molar-refractivity contribution in [2.24, 2.45) is 5.92 Å². The van der Waals surface area contributed by atoms with Gasteiger partial charge in [-0.05, 0) is 51.9 Å². The van der Waals surface area contributed by atoms with Crippen LogP contribution in [0.15, 0.2) is 6.20 Å². The van der Waals surface area contributed by atoms with Crippen molar-refractivity contribution >= 4 is 5.91 Å². The van der Waals surface area contributed by atoms with E-state index < -0.39 is 0 Å². The molecule has 2 fully saturated rings. The van der Waals surface area contributed by atoms with Gasteiger partial charge in [0.25, 0.3) is 5.91 Å². The van der Waals surface area contributed by atoms with Crippen LogP contribution in [-0.2, 0) is 0 Å². The Bertz CT molecular complexity index is 594. The minimum absolute atomic E-state index is 0.110. The van der Waals surface area contributed by atoms with Gasteiger partial charge in [-0.2, -0.15) is 5.10 Å². The molecule has 1 amide bonds. The zero-order valence-corrected chi connectivity index (χ0v) is 15.9. The Balaban J connectivity index is 1.83. The zero-order chi connectivity index (χ0) is 18.0. The summed E-state index contributed by atoms with van der Waals surface area (Å²) in [6.45, 7) is 7.15. The van der Waals surface area contributed by atoms with Gasteiger partial charge >= 0.3 is 0 Å². The average molecular weight is 348 g/mol. The zero-order valence-electron chi connectivity index (χ0n) is 15.9. The normalized spacial score (nSPS) is 27.2. The molecule has 0 aromatic carbocycles. The van der Waals surface area contributed by atoms with E-state index in [0.717, 1.165) is 69.2 Å². The summed E-state index contributed by atoms with van der Waals surface area (Å²) in [6, 6.07) is 0.546. The van der Waals surface area contributed by atoms with Gasteiger partial charge in [-0.1, -0.05) is 20.3 Å². The first kappa shape index (κ1) is 18.4. The number of carbonyl (C=O) groups excluding carboxylic acids is 1. The van der Waals surface area contributed by atoms with Gasteiger partial charge in [0, 0.05) is 24.2 Å². The molecule has 1 saturated carbocycles. The Morgan fingerprint density at radius 3 is 2.64 bits per heavy atom. The number of rotatable bonds is 5. The second-order valence-corrected chi connectivity index (χ2v) is 7.78. The lowest BCUT2D eigenvalue weighted by Crippen LogP contribution is -2.49. The lowest BCUT2D eigenvalue weighted by Gasteiger charge is -2.40. The van der Waals surface area contributed by atoms with Crippen LogP contribution in [0.2, 0.25) is 0 Å². The van der Waals surface area contributed by atoms with Gasteiger partial charge in [-0.15, -0.1) is 0 Å². The molecule has 1 aromatic heterocycles. The van der Waals surface area contributed by atoms with Crippen molar-refractivity contribution in [1.82, 2.24) is 14.7 Å². The van der Waals surface area contributed by atoms with Crippen LogP contribution in [0.1, 0.15) is 87.3 Å². The molecule has 5 heteroatoms. The van der Waals surface area contributed by atoms with Gasteiger partial charge in [0.2, 0.25) is 0 Å². The Morgan fingerprint density at radius 2 is 2.00 bits per heavy atom. The first-order chi connectivity index (χ1) is 12.1. The van der Waals surface area contributed by atoms with Crippen LogP contribution in [0.4, 0.5) is 0 Å². The number of likely N-dealkylation sites (tertiary alicyclic amines) is 1. The van der Waals surface area contributed by atoms with Crippen LogP contribution in [0.5, 0.6) is 0 Å². The monoisotopic (exact) mass is 347 g/mol. The lowest BCUT2D eigenvalue weighted by molar-refractivity contribution is 0.0287. The van der Waals surface area contributed by atoms with Gasteiger partial charge in [0.15, 0.2) is 0 Å². The molecule has 1 aliphatic carbocycles. The average Bonchev–Trinajstić information content (AvgIpc) is 3.22. The molecule has 1 N–H and O–H groups in total. The third kappa shape index (κ3) is 3.48. The summed E-state index contributed by atoms with van der Waals surface area (Å²) in [4.78, 5) is 15.3. The van der Waals surface area contributed by atoms with Gasteiger partial charge in [-0.3, -0.25) is 9.48 Å². The quantitative estimate of drug-likeness (QED) is 0.883. The van der Waals surface area contributed by atoms with Crippen LogP contribution in [0.3, 0.4) is 0 Å². The second kappa shape index (κ2) is 7.90. The molecule has 1 aromatic rings. The minimum Gasteiger partial charge on any atom is -0.393 e. The molecular weight excluding hydrogens is 314 g/mol. The Kier molecular flexibility index (Phi) is 5.82. The highest BCUT2D eigenvalue weighted by molar-refractivity contribution is 5.95. The third-order valence-electron chi connectivity index (χ3n) is 6.40. The fourth-order valence-electron chi connectivity index (χ4n) is 4.86. The predicted molar refractivity (Wildman–Crippen MR) is 98.6 cm³/mol. The van der Waals surface area contributed by atoms with Gasteiger partial charge in [0.05, 0.1) is 23.9 Å². The number of aromatic nitrogens is 2. The fraction of sp³-hybridized carbons (Fsp3) is 0.800. The molecule has 3 rings (SSSR count). The molecule has 0 spiro atoms. The van der Waals surface area contributed by atoms with E-state index >= 15 is 0 Å². The van der Waals surface area contributed by atoms with Crippen molar-refractivity contribution < 1.29 is 9.90 Å². The summed E-state index contributed by atoms with van der Waals surface area (Å²) in [7, 11) is 0. The number of aliphatic hydroxyl groups excluding tert-OH is 1. The molecule has 1 saturated heterocycles. The fourth-order valence-corrected chi connectivity index (χ4v) is 4.86. The van der Waals surface area contributed by atoms with E-state index in [9.17, 15) is 9.90 Å². The van der Waals surface area contributed by atoms with Crippen LogP contribution in [0.25, 0.3) is 0 Å². The van der Waals surface area contributed by atoms with Crippen LogP contribution in [-0.4, -0.2) is 44.4 Å². The molecule has 3 unspecified atom stereocenters. The third-order valence-corrected chi connectivity index (χ3v) is 6.40. The lowest BCUT2D eigenvalue weighted by atomic mass is 9.87. The van der Waals surface area contributed by atoms with E-state index in [4.69, 9.17) is 0 Å². The molecule has 0 radical (unpaired) electrons. The smallest absolute Gasteiger partial charge is 0.257 e. The molecule has 3 atom stereocenters. The van der Waals surface area contributed by atoms with Crippen LogP contribution in [0, 0.1) is 12.8 Å². The van der Waals surface area contributed by atoms with E-state index in [-0.39, 0.29) is 24.0 Å². The van der Waals surface area contributed by atoms with Crippen molar-refractivity contribution in [3.8, 4) is 0 Å². The van der Waals surface area contributed by atoms with E-state index in [1.165, 1.54) is 0 Å². The van der Waals surface area contributed by atoms with Crippen molar-refractivity contribution in [2.75, 3.05) is 6.54 Å². The van der Waals surface area contributed by atoms with Crippen LogP contribution >= 0.6 is 0 Å². The number of hydrogen-bond acceptors (Lipinski definition) is 3. The number of carbonyl (C=O) groups is 1. The number of nitrogens with zero attached hydrogens (tertiary/aromatic N) is 3. The van der Waals surface area contributed by atoms with Crippen LogP contribution < -0.4 is 0 Å². The summed E-state index contributed by atoms with van der Waals surface area (Å²) < 4.78 is 2.02. The van der Waals surface area contributed by atoms with Crippen molar-refractivity contribution in [2.45, 2.75) is 90.3 Å². The maximum atomic E-state index is 13.3. The molecule has 25 heavy (non-hydrogen) atoms. The number of aliphatic hydroxyl groups is 1. The molecule has 1 aliphatic heterocycles. The second-order valence-electron chi connectivity index (χ2n) is 7.78. The number of hydrogen-bond donors (Lipinski definition) is 1. The summed E-state index contributed by atoms with van der Waals surface area (Å²) in [5.74, 6) is 0.358. The molecule has 2 aliphatic rings. The molecule has 5 nitrogen and oxygen atoms in total. The molecule has 2 heterocycles. The van der Waals surface area contributed by atoms with Crippen molar-refractivity contribution in [1.29, 1.82) is 0 Å². The Hall–Kier alpha value is -1.36. The standard InChI is InChI=1S/C20H33N3O2/c1-4-15(5-2)23-14(3)17(13-21-23)20(25)22-12-7-6-10-18(22)16-9-8-11-19(16)24/h13,15-16,18-19,24H,4-12H2,1-3H3. The van der Waals surface area contributed by atoms with E-state index in [1.54, 1.807) is 6.20 Å². The highest BCUT2D eigenvalue weighted by Gasteiger charge is 2.39. The van der Waals surface area contributed by atoms with Gasteiger partial charge in [0.1, 0.15) is 0 Å². The van der Waals surface area contributed by atoms with E-state index in [2.05, 4.69) is 18.9 Å². The minimum atomic E-state index is -0.244. The highest BCUT2D eigenvalue weighted by Crippen LogP contribution is 2.36. The summed E-state index contributed by atoms with van der Waals surface area (Å²) >= 11 is 0. The summed E-state index contributed by atoms with van der Waals surface area (Å²) in [5.41, 5.74) is 1.72. The first-order valence-corrected chi connectivity index (χ1v) is 10.1. The summed E-state index contributed by atoms with van der Waals surface area (Å²) in [6.07, 6.45) is 9.80. The molecule has 0 bridgehead atoms. The maximum Gasteiger partial charge on any atom is 0.257 e. The van der Waals surface area contributed by atoms with Gasteiger partial charge in [-0.25, -0.2) is 0 Å². The maximum absolute atomic E-state index is 13.3. The van der Waals surface area contributed by atoms with E-state index in [0.29, 0.717) is 6.04 Å². The van der Waals surface area contributed by atoms with Crippen molar-refractivity contribution in [3.05, 3.63) is 17.5 Å². The Morgan fingerprint density at radius 1 is 1.24 bits per heavy atom. The SMILES string of the molecule is CCC(CC)n1ncc(C(=O)N2CCCCC2C2CCCC2O)c1C. The first-order valence-electron chi connectivity index (χ1n) is 10.1. The predicted octanol–water partition coefficient (Wildman–Crippen LogP) is 3.71. The summed E-state index contributed by atoms with van der Waals surface area (Å²) in [5, 5.41) is 14.9. The van der Waals surface area contributed by atoms with Crippen molar-refractivity contribution in [3.63, 3.8) is 0 Å². The topological polar surface area (TPSA) is 58.4 Å². The molecular formula is C20H33N3O2. The Labute approximate surface area is 151 Å². The number of amides is 1. The number of piperidine rings is 1. The highest BCUT2D eigenvalue weighted by atomic mass is 16.3. The van der Waals surface area contributed by atoms with E-state index in [1.807, 2.05) is 16.5 Å².